The highest BCUT2D eigenvalue weighted by Crippen LogP contribution is 2.27. The molecule has 1 aromatic carbocycles. The lowest BCUT2D eigenvalue weighted by Gasteiger charge is -2.10. The normalized spacial score (nSPS) is 15.1. The van der Waals surface area contributed by atoms with E-state index in [0.717, 1.165) is 34.1 Å². The SMILES string of the molecule is Cc1ccccc1-c1nsc(SCC(=O)NC2CCCC2)n1. The van der Waals surface area contributed by atoms with Gasteiger partial charge in [-0.25, -0.2) is 4.98 Å². The van der Waals surface area contributed by atoms with Crippen LogP contribution >= 0.6 is 23.3 Å². The van der Waals surface area contributed by atoms with E-state index in [1.807, 2.05) is 18.2 Å². The third kappa shape index (κ3) is 3.87. The second-order valence-electron chi connectivity index (χ2n) is 5.54. The number of thioether (sulfide) groups is 1. The Balaban J connectivity index is 1.55. The number of hydrogen-bond acceptors (Lipinski definition) is 5. The molecule has 0 atom stereocenters. The Kier molecular flexibility index (Phi) is 5.10. The first-order chi connectivity index (χ1) is 10.7. The van der Waals surface area contributed by atoms with E-state index in [1.54, 1.807) is 0 Å². The van der Waals surface area contributed by atoms with Crippen LogP contribution in [0.2, 0.25) is 0 Å². The van der Waals surface area contributed by atoms with Gasteiger partial charge in [0.15, 0.2) is 10.2 Å². The van der Waals surface area contributed by atoms with Crippen molar-refractivity contribution in [2.75, 3.05) is 5.75 Å². The van der Waals surface area contributed by atoms with Crippen LogP contribution in [0.25, 0.3) is 11.4 Å². The summed E-state index contributed by atoms with van der Waals surface area (Å²) in [6.45, 7) is 2.05. The third-order valence-corrected chi connectivity index (χ3v) is 5.67. The molecule has 3 rings (SSSR count). The summed E-state index contributed by atoms with van der Waals surface area (Å²) in [4.78, 5) is 16.5. The van der Waals surface area contributed by atoms with Crippen molar-refractivity contribution < 1.29 is 4.79 Å². The summed E-state index contributed by atoms with van der Waals surface area (Å²) in [5.41, 5.74) is 2.22. The number of rotatable bonds is 5. The van der Waals surface area contributed by atoms with E-state index in [0.29, 0.717) is 11.8 Å². The molecule has 1 fully saturated rings. The molecular weight excluding hydrogens is 314 g/mol. The molecule has 2 aromatic rings. The van der Waals surface area contributed by atoms with Crippen LogP contribution in [0.1, 0.15) is 31.2 Å². The molecule has 0 aliphatic heterocycles. The summed E-state index contributed by atoms with van der Waals surface area (Å²) >= 11 is 2.83. The molecule has 0 saturated heterocycles. The maximum atomic E-state index is 11.9. The molecule has 1 aliphatic rings. The molecule has 1 N–H and O–H groups in total. The molecule has 1 aromatic heterocycles. The Morgan fingerprint density at radius 3 is 2.91 bits per heavy atom. The number of hydrogen-bond donors (Lipinski definition) is 1. The highest BCUT2D eigenvalue weighted by molar-refractivity contribution is 8.01. The Morgan fingerprint density at radius 2 is 2.14 bits per heavy atom. The first-order valence-electron chi connectivity index (χ1n) is 7.54. The lowest BCUT2D eigenvalue weighted by Crippen LogP contribution is -2.33. The zero-order valence-electron chi connectivity index (χ0n) is 12.5. The molecule has 116 valence electrons. The van der Waals surface area contributed by atoms with Crippen molar-refractivity contribution in [3.05, 3.63) is 29.8 Å². The van der Waals surface area contributed by atoms with Crippen molar-refractivity contribution >= 4 is 29.2 Å². The molecule has 0 spiro atoms. The van der Waals surface area contributed by atoms with E-state index >= 15 is 0 Å². The number of carbonyl (C=O) groups excluding carboxylic acids is 1. The highest BCUT2D eigenvalue weighted by Gasteiger charge is 2.17. The number of carbonyl (C=O) groups is 1. The van der Waals surface area contributed by atoms with Gasteiger partial charge in [0, 0.05) is 11.6 Å². The minimum atomic E-state index is 0.101. The molecular formula is C16H19N3OS2. The molecule has 6 heteroatoms. The average molecular weight is 333 g/mol. The number of benzene rings is 1. The Bertz CT molecular complexity index is 650. The van der Waals surface area contributed by atoms with Crippen LogP contribution in [-0.4, -0.2) is 27.1 Å². The van der Waals surface area contributed by atoms with Crippen LogP contribution in [0.4, 0.5) is 0 Å². The summed E-state index contributed by atoms with van der Waals surface area (Å²) in [5, 5.41) is 3.09. The van der Waals surface area contributed by atoms with Gasteiger partial charge in [-0.15, -0.1) is 0 Å². The van der Waals surface area contributed by atoms with Crippen molar-refractivity contribution in [1.82, 2.24) is 14.7 Å². The number of amides is 1. The Hall–Kier alpha value is -1.40. The van der Waals surface area contributed by atoms with E-state index in [2.05, 4.69) is 27.7 Å². The van der Waals surface area contributed by atoms with Gasteiger partial charge in [0.25, 0.3) is 0 Å². The van der Waals surface area contributed by atoms with Gasteiger partial charge >= 0.3 is 0 Å². The predicted octanol–water partition coefficient (Wildman–Crippen LogP) is 3.66. The summed E-state index contributed by atoms with van der Waals surface area (Å²) < 4.78 is 5.25. The van der Waals surface area contributed by atoms with Crippen LogP contribution in [0.5, 0.6) is 0 Å². The third-order valence-electron chi connectivity index (χ3n) is 3.84. The second-order valence-corrected chi connectivity index (χ2v) is 7.51. The lowest BCUT2D eigenvalue weighted by atomic mass is 10.1. The quantitative estimate of drug-likeness (QED) is 0.848. The minimum absolute atomic E-state index is 0.101. The fourth-order valence-electron chi connectivity index (χ4n) is 2.67. The first-order valence-corrected chi connectivity index (χ1v) is 9.30. The molecule has 1 aliphatic carbocycles. The average Bonchev–Trinajstić information content (AvgIpc) is 3.17. The number of aromatic nitrogens is 2. The zero-order chi connectivity index (χ0) is 15.4. The minimum Gasteiger partial charge on any atom is -0.353 e. The van der Waals surface area contributed by atoms with E-state index in [4.69, 9.17) is 0 Å². The van der Waals surface area contributed by atoms with Gasteiger partial charge in [0.1, 0.15) is 0 Å². The standard InChI is InChI=1S/C16H19N3OS2/c1-11-6-2-5-9-13(11)15-18-16(22-19-15)21-10-14(20)17-12-7-3-4-8-12/h2,5-6,9,12H,3-4,7-8,10H2,1H3,(H,17,20). The molecule has 0 radical (unpaired) electrons. The van der Waals surface area contributed by atoms with Gasteiger partial charge in [-0.2, -0.15) is 4.37 Å². The molecule has 0 bridgehead atoms. The van der Waals surface area contributed by atoms with Crippen LogP contribution in [0.15, 0.2) is 28.6 Å². The molecule has 1 amide bonds. The van der Waals surface area contributed by atoms with Gasteiger partial charge in [0.05, 0.1) is 5.75 Å². The largest absolute Gasteiger partial charge is 0.353 e. The van der Waals surface area contributed by atoms with Crippen LogP contribution < -0.4 is 5.32 Å². The number of nitrogens with zero attached hydrogens (tertiary/aromatic N) is 2. The zero-order valence-corrected chi connectivity index (χ0v) is 14.2. The Labute approximate surface area is 138 Å². The fourth-order valence-corrected chi connectivity index (χ4v) is 4.09. The van der Waals surface area contributed by atoms with E-state index in [9.17, 15) is 4.79 Å². The van der Waals surface area contributed by atoms with E-state index in [-0.39, 0.29) is 5.91 Å². The number of nitrogens with one attached hydrogen (secondary N) is 1. The smallest absolute Gasteiger partial charge is 0.230 e. The maximum absolute atomic E-state index is 11.9. The Morgan fingerprint density at radius 1 is 1.36 bits per heavy atom. The molecule has 1 heterocycles. The predicted molar refractivity (Wildman–Crippen MR) is 91.2 cm³/mol. The van der Waals surface area contributed by atoms with Crippen LogP contribution in [0, 0.1) is 6.92 Å². The van der Waals surface area contributed by atoms with Crippen molar-refractivity contribution in [2.45, 2.75) is 43.0 Å². The second kappa shape index (κ2) is 7.24. The van der Waals surface area contributed by atoms with Gasteiger partial charge in [-0.05, 0) is 36.9 Å². The molecule has 4 nitrogen and oxygen atoms in total. The van der Waals surface area contributed by atoms with Gasteiger partial charge in [-0.1, -0.05) is 48.9 Å². The fraction of sp³-hybridized carbons (Fsp3) is 0.438. The van der Waals surface area contributed by atoms with Gasteiger partial charge in [0.2, 0.25) is 5.91 Å². The summed E-state index contributed by atoms with van der Waals surface area (Å²) in [7, 11) is 0. The molecule has 1 saturated carbocycles. The van der Waals surface area contributed by atoms with Crippen LogP contribution in [-0.2, 0) is 4.79 Å². The maximum Gasteiger partial charge on any atom is 0.230 e. The van der Waals surface area contributed by atoms with E-state index in [1.165, 1.54) is 36.1 Å². The van der Waals surface area contributed by atoms with Crippen molar-refractivity contribution in [1.29, 1.82) is 0 Å². The molecule has 22 heavy (non-hydrogen) atoms. The molecule has 0 unspecified atom stereocenters. The summed E-state index contributed by atoms with van der Waals surface area (Å²) in [6.07, 6.45) is 4.70. The van der Waals surface area contributed by atoms with Crippen molar-refractivity contribution in [3.63, 3.8) is 0 Å². The summed E-state index contributed by atoms with van der Waals surface area (Å²) in [5.74, 6) is 1.27. The van der Waals surface area contributed by atoms with Crippen molar-refractivity contribution in [2.24, 2.45) is 0 Å². The topological polar surface area (TPSA) is 54.9 Å². The lowest BCUT2D eigenvalue weighted by molar-refractivity contribution is -0.119. The van der Waals surface area contributed by atoms with Gasteiger partial charge in [-0.3, -0.25) is 4.79 Å². The first kappa shape index (κ1) is 15.5. The summed E-state index contributed by atoms with van der Waals surface area (Å²) in [6, 6.07) is 8.46. The van der Waals surface area contributed by atoms with Gasteiger partial charge < -0.3 is 5.32 Å². The van der Waals surface area contributed by atoms with E-state index < -0.39 is 0 Å². The number of aryl methyl sites for hydroxylation is 1. The van der Waals surface area contributed by atoms with Crippen LogP contribution in [0.3, 0.4) is 0 Å². The van der Waals surface area contributed by atoms with Crippen molar-refractivity contribution in [3.8, 4) is 11.4 Å². The highest BCUT2D eigenvalue weighted by atomic mass is 32.2. The monoisotopic (exact) mass is 333 g/mol.